The smallest absolute Gasteiger partial charge is 0.226 e. The summed E-state index contributed by atoms with van der Waals surface area (Å²) in [6.45, 7) is 1.95. The predicted molar refractivity (Wildman–Crippen MR) is 86.8 cm³/mol. The quantitative estimate of drug-likeness (QED) is 0.850. The fourth-order valence-electron chi connectivity index (χ4n) is 1.62. The Labute approximate surface area is 127 Å². The monoisotopic (exact) mass is 305 g/mol. The number of hydrogen-bond acceptors (Lipinski definition) is 4. The molecular formula is C14H15N3OS2. The highest BCUT2D eigenvalue weighted by Gasteiger charge is 2.07. The highest BCUT2D eigenvalue weighted by Crippen LogP contribution is 2.24. The summed E-state index contributed by atoms with van der Waals surface area (Å²) >= 11 is 6.53. The standard InChI is InChI=1S/C14H15N3OS2/c1-2-6-12(18)16-13(19)17-14-15-11(9-20-14)10-7-4-3-5-8-10/h3-5,7-9H,2,6H2,1H3,(H2,15,16,17,18,19). The number of thiocarbonyl (C=S) groups is 1. The molecule has 0 bridgehead atoms. The lowest BCUT2D eigenvalue weighted by molar-refractivity contribution is -0.119. The molecule has 0 saturated heterocycles. The van der Waals surface area contributed by atoms with Crippen molar-refractivity contribution in [2.45, 2.75) is 19.8 Å². The van der Waals surface area contributed by atoms with Crippen LogP contribution in [0.25, 0.3) is 11.3 Å². The van der Waals surface area contributed by atoms with Gasteiger partial charge in [-0.2, -0.15) is 0 Å². The molecule has 1 amide bonds. The Balaban J connectivity index is 1.96. The molecule has 104 valence electrons. The van der Waals surface area contributed by atoms with Gasteiger partial charge in [0.1, 0.15) is 0 Å². The molecule has 0 aliphatic carbocycles. The van der Waals surface area contributed by atoms with Crippen LogP contribution in [-0.4, -0.2) is 16.0 Å². The summed E-state index contributed by atoms with van der Waals surface area (Å²) in [6, 6.07) is 9.91. The fraction of sp³-hybridized carbons (Fsp3) is 0.214. The third-order valence-electron chi connectivity index (χ3n) is 2.52. The molecule has 4 nitrogen and oxygen atoms in total. The first-order valence-corrected chi connectivity index (χ1v) is 7.59. The number of aromatic nitrogens is 1. The number of nitrogens with zero attached hydrogens (tertiary/aromatic N) is 1. The first-order chi connectivity index (χ1) is 9.69. The van der Waals surface area contributed by atoms with E-state index < -0.39 is 0 Å². The zero-order valence-corrected chi connectivity index (χ0v) is 12.7. The molecule has 0 atom stereocenters. The lowest BCUT2D eigenvalue weighted by atomic mass is 10.2. The van der Waals surface area contributed by atoms with Gasteiger partial charge in [0.25, 0.3) is 0 Å². The molecular weight excluding hydrogens is 290 g/mol. The van der Waals surface area contributed by atoms with Gasteiger partial charge in [-0.3, -0.25) is 4.79 Å². The average molecular weight is 305 g/mol. The Hall–Kier alpha value is -1.79. The van der Waals surface area contributed by atoms with E-state index >= 15 is 0 Å². The van der Waals surface area contributed by atoms with Crippen LogP contribution < -0.4 is 10.6 Å². The van der Waals surface area contributed by atoms with Crippen molar-refractivity contribution in [2.24, 2.45) is 0 Å². The first-order valence-electron chi connectivity index (χ1n) is 6.31. The maximum absolute atomic E-state index is 11.4. The van der Waals surface area contributed by atoms with Gasteiger partial charge in [-0.15, -0.1) is 11.3 Å². The Morgan fingerprint density at radius 3 is 2.80 bits per heavy atom. The highest BCUT2D eigenvalue weighted by atomic mass is 32.1. The molecule has 2 rings (SSSR count). The lowest BCUT2D eigenvalue weighted by Crippen LogP contribution is -2.33. The molecule has 2 N–H and O–H groups in total. The van der Waals surface area contributed by atoms with E-state index in [1.54, 1.807) is 0 Å². The van der Waals surface area contributed by atoms with E-state index in [2.05, 4.69) is 15.6 Å². The summed E-state index contributed by atoms with van der Waals surface area (Å²) in [5.41, 5.74) is 1.94. The van der Waals surface area contributed by atoms with E-state index in [-0.39, 0.29) is 11.0 Å². The maximum Gasteiger partial charge on any atom is 0.226 e. The van der Waals surface area contributed by atoms with Gasteiger partial charge in [0, 0.05) is 17.4 Å². The summed E-state index contributed by atoms with van der Waals surface area (Å²) in [7, 11) is 0. The minimum Gasteiger partial charge on any atom is -0.308 e. The Morgan fingerprint density at radius 1 is 1.35 bits per heavy atom. The second-order valence-corrected chi connectivity index (χ2v) is 5.42. The molecule has 0 fully saturated rings. The number of hydrogen-bond donors (Lipinski definition) is 2. The van der Waals surface area contributed by atoms with Gasteiger partial charge in [-0.05, 0) is 18.6 Å². The van der Waals surface area contributed by atoms with Crippen molar-refractivity contribution in [3.8, 4) is 11.3 Å². The van der Waals surface area contributed by atoms with Crippen LogP contribution in [-0.2, 0) is 4.79 Å². The third-order valence-corrected chi connectivity index (χ3v) is 3.49. The molecule has 1 aromatic heterocycles. The van der Waals surface area contributed by atoms with E-state index in [1.807, 2.05) is 42.6 Å². The first kappa shape index (κ1) is 14.6. The van der Waals surface area contributed by atoms with Gasteiger partial charge in [-0.1, -0.05) is 37.3 Å². The zero-order chi connectivity index (χ0) is 14.4. The summed E-state index contributed by atoms with van der Waals surface area (Å²) in [4.78, 5) is 15.9. The topological polar surface area (TPSA) is 54.0 Å². The van der Waals surface area contributed by atoms with Crippen molar-refractivity contribution < 1.29 is 4.79 Å². The number of carbonyl (C=O) groups is 1. The minimum absolute atomic E-state index is 0.0789. The summed E-state index contributed by atoms with van der Waals surface area (Å²) in [5, 5.41) is 8.47. The highest BCUT2D eigenvalue weighted by molar-refractivity contribution is 7.80. The van der Waals surface area contributed by atoms with Crippen molar-refractivity contribution in [3.05, 3.63) is 35.7 Å². The number of anilines is 1. The Morgan fingerprint density at radius 2 is 2.10 bits per heavy atom. The number of nitrogens with one attached hydrogen (secondary N) is 2. The van der Waals surface area contributed by atoms with Gasteiger partial charge in [0.2, 0.25) is 5.91 Å². The molecule has 0 aliphatic rings. The van der Waals surface area contributed by atoms with Crippen LogP contribution in [0.15, 0.2) is 35.7 Å². The summed E-state index contributed by atoms with van der Waals surface area (Å²) in [6.07, 6.45) is 1.26. The van der Waals surface area contributed by atoms with Crippen LogP contribution >= 0.6 is 23.6 Å². The Bertz CT molecular complexity index is 595. The molecule has 2 aromatic rings. The van der Waals surface area contributed by atoms with Crippen molar-refractivity contribution in [2.75, 3.05) is 5.32 Å². The second kappa shape index (κ2) is 7.12. The van der Waals surface area contributed by atoms with E-state index in [0.29, 0.717) is 11.6 Å². The van der Waals surface area contributed by atoms with Crippen molar-refractivity contribution in [1.29, 1.82) is 0 Å². The molecule has 0 radical (unpaired) electrons. The van der Waals surface area contributed by atoms with Crippen molar-refractivity contribution >= 4 is 39.7 Å². The van der Waals surface area contributed by atoms with Gasteiger partial charge in [0.05, 0.1) is 5.69 Å². The lowest BCUT2D eigenvalue weighted by Gasteiger charge is -2.05. The predicted octanol–water partition coefficient (Wildman–Crippen LogP) is 3.42. The van der Waals surface area contributed by atoms with Crippen molar-refractivity contribution in [1.82, 2.24) is 10.3 Å². The minimum atomic E-state index is -0.0789. The Kier molecular flexibility index (Phi) is 5.20. The van der Waals surface area contributed by atoms with E-state index in [1.165, 1.54) is 11.3 Å². The van der Waals surface area contributed by atoms with Crippen LogP contribution in [0.5, 0.6) is 0 Å². The van der Waals surface area contributed by atoms with Crippen LogP contribution in [0.3, 0.4) is 0 Å². The number of benzene rings is 1. The fourth-order valence-corrected chi connectivity index (χ4v) is 2.62. The number of carbonyl (C=O) groups excluding carboxylic acids is 1. The molecule has 0 spiro atoms. The van der Waals surface area contributed by atoms with Gasteiger partial charge in [-0.25, -0.2) is 4.98 Å². The molecule has 6 heteroatoms. The van der Waals surface area contributed by atoms with E-state index in [9.17, 15) is 4.79 Å². The average Bonchev–Trinajstić information content (AvgIpc) is 2.88. The normalized spacial score (nSPS) is 10.1. The molecule has 1 heterocycles. The molecule has 20 heavy (non-hydrogen) atoms. The van der Waals surface area contributed by atoms with Crippen LogP contribution in [0.1, 0.15) is 19.8 Å². The zero-order valence-electron chi connectivity index (χ0n) is 11.1. The maximum atomic E-state index is 11.4. The number of rotatable bonds is 4. The molecule has 0 aliphatic heterocycles. The van der Waals surface area contributed by atoms with E-state index in [4.69, 9.17) is 12.2 Å². The molecule has 1 aromatic carbocycles. The number of amides is 1. The second-order valence-electron chi connectivity index (χ2n) is 4.16. The van der Waals surface area contributed by atoms with E-state index in [0.717, 1.165) is 17.7 Å². The number of thiazole rings is 1. The molecule has 0 saturated carbocycles. The van der Waals surface area contributed by atoms with Crippen LogP contribution in [0, 0.1) is 0 Å². The van der Waals surface area contributed by atoms with Gasteiger partial charge < -0.3 is 10.6 Å². The van der Waals surface area contributed by atoms with Crippen molar-refractivity contribution in [3.63, 3.8) is 0 Å². The van der Waals surface area contributed by atoms with Crippen LogP contribution in [0.4, 0.5) is 5.13 Å². The summed E-state index contributed by atoms with van der Waals surface area (Å²) < 4.78 is 0. The molecule has 0 unspecified atom stereocenters. The summed E-state index contributed by atoms with van der Waals surface area (Å²) in [5.74, 6) is -0.0789. The van der Waals surface area contributed by atoms with Gasteiger partial charge >= 0.3 is 0 Å². The largest absolute Gasteiger partial charge is 0.308 e. The third kappa shape index (κ3) is 4.11. The SMILES string of the molecule is CCCC(=O)NC(=S)Nc1nc(-c2ccccc2)cs1. The van der Waals surface area contributed by atoms with Crippen LogP contribution in [0.2, 0.25) is 0 Å². The van der Waals surface area contributed by atoms with Gasteiger partial charge in [0.15, 0.2) is 10.2 Å².